The van der Waals surface area contributed by atoms with Crippen LogP contribution < -0.4 is 19.1 Å². The summed E-state index contributed by atoms with van der Waals surface area (Å²) >= 11 is 12.2. The van der Waals surface area contributed by atoms with Gasteiger partial charge in [-0.3, -0.25) is 13.9 Å². The predicted octanol–water partition coefficient (Wildman–Crippen LogP) is 4.90. The number of rotatable bonds is 12. The van der Waals surface area contributed by atoms with Crippen LogP contribution in [0.25, 0.3) is 0 Å². The fraction of sp³-hybridized carbons (Fsp3) is 0.286. The Morgan fingerprint density at radius 3 is 2.17 bits per heavy atom. The number of sulfonamides is 1. The van der Waals surface area contributed by atoms with Crippen LogP contribution >= 0.6 is 23.2 Å². The standard InChI is InChI=1S/C28H30Cl2FN3O6S/c1-5-24(28(36)32-2)33(16-18-6-12-22(29)23(30)14-18)27(35)17-34(20-9-7-19(31)8-10-20)41(37,38)21-11-13-25(39-3)26(15-21)40-4/h6-15,24H,5,16-17H2,1-4H3,(H,32,36)/t24-/m0/s1. The van der Waals surface area contributed by atoms with Crippen LogP contribution in [0.1, 0.15) is 18.9 Å². The normalized spacial score (nSPS) is 11.9. The lowest BCUT2D eigenvalue weighted by Gasteiger charge is -2.33. The van der Waals surface area contributed by atoms with Gasteiger partial charge in [-0.25, -0.2) is 12.8 Å². The average molecular weight is 627 g/mol. The number of nitrogens with one attached hydrogen (secondary N) is 1. The van der Waals surface area contributed by atoms with Crippen molar-refractivity contribution in [3.63, 3.8) is 0 Å². The summed E-state index contributed by atoms with van der Waals surface area (Å²) in [6.45, 7) is 0.972. The molecule has 0 radical (unpaired) electrons. The maximum absolute atomic E-state index is 14.0. The van der Waals surface area contributed by atoms with Crippen molar-refractivity contribution < 1.29 is 31.9 Å². The number of benzene rings is 3. The topological polar surface area (TPSA) is 105 Å². The minimum atomic E-state index is -4.41. The Morgan fingerprint density at radius 2 is 1.61 bits per heavy atom. The van der Waals surface area contributed by atoms with E-state index in [-0.39, 0.29) is 34.3 Å². The smallest absolute Gasteiger partial charge is 0.264 e. The Labute approximate surface area is 248 Å². The summed E-state index contributed by atoms with van der Waals surface area (Å²) in [5.41, 5.74) is 0.614. The molecule has 3 aromatic rings. The summed E-state index contributed by atoms with van der Waals surface area (Å²) in [5, 5.41) is 3.12. The zero-order chi connectivity index (χ0) is 30.3. The van der Waals surface area contributed by atoms with Gasteiger partial charge in [0.2, 0.25) is 11.8 Å². The molecule has 41 heavy (non-hydrogen) atoms. The maximum atomic E-state index is 14.0. The van der Waals surface area contributed by atoms with Crippen LogP contribution in [-0.2, 0) is 26.2 Å². The Kier molecular flexibility index (Phi) is 10.8. The van der Waals surface area contributed by atoms with Gasteiger partial charge in [0.15, 0.2) is 11.5 Å². The van der Waals surface area contributed by atoms with Crippen molar-refractivity contribution in [1.29, 1.82) is 0 Å². The number of nitrogens with zero attached hydrogens (tertiary/aromatic N) is 2. The van der Waals surface area contributed by atoms with Gasteiger partial charge < -0.3 is 19.7 Å². The largest absolute Gasteiger partial charge is 0.493 e. The van der Waals surface area contributed by atoms with E-state index in [0.29, 0.717) is 16.3 Å². The van der Waals surface area contributed by atoms with E-state index in [2.05, 4.69) is 5.32 Å². The van der Waals surface area contributed by atoms with E-state index in [0.717, 1.165) is 16.4 Å². The minimum absolute atomic E-state index is 0.0389. The van der Waals surface area contributed by atoms with Crippen molar-refractivity contribution in [2.24, 2.45) is 0 Å². The second-order valence-electron chi connectivity index (χ2n) is 8.81. The molecule has 1 atom stereocenters. The van der Waals surface area contributed by atoms with Gasteiger partial charge in [0, 0.05) is 19.7 Å². The first-order chi connectivity index (χ1) is 19.5. The van der Waals surface area contributed by atoms with Gasteiger partial charge in [0.05, 0.1) is 34.8 Å². The van der Waals surface area contributed by atoms with Gasteiger partial charge in [0.25, 0.3) is 10.0 Å². The third-order valence-corrected chi connectivity index (χ3v) is 8.81. The lowest BCUT2D eigenvalue weighted by atomic mass is 10.1. The molecular weight excluding hydrogens is 596 g/mol. The van der Waals surface area contributed by atoms with E-state index in [1.807, 2.05) is 0 Å². The SMILES string of the molecule is CC[C@@H](C(=O)NC)N(Cc1ccc(Cl)c(Cl)c1)C(=O)CN(c1ccc(F)cc1)S(=O)(=O)c1ccc(OC)c(OC)c1. The molecule has 0 aliphatic heterocycles. The summed E-state index contributed by atoms with van der Waals surface area (Å²) < 4.78 is 53.1. The number of ether oxygens (including phenoxy) is 2. The molecule has 0 fully saturated rings. The second kappa shape index (κ2) is 13.9. The van der Waals surface area contributed by atoms with Crippen LogP contribution in [0.4, 0.5) is 10.1 Å². The lowest BCUT2D eigenvalue weighted by molar-refractivity contribution is -0.140. The van der Waals surface area contributed by atoms with E-state index < -0.39 is 40.2 Å². The van der Waals surface area contributed by atoms with Crippen molar-refractivity contribution in [1.82, 2.24) is 10.2 Å². The zero-order valence-corrected chi connectivity index (χ0v) is 25.2. The molecule has 13 heteroatoms. The van der Waals surface area contributed by atoms with Crippen LogP contribution in [0.3, 0.4) is 0 Å². The molecule has 0 bridgehead atoms. The summed E-state index contributed by atoms with van der Waals surface area (Å²) in [7, 11) is -0.192. The molecule has 3 rings (SSSR count). The Bertz CT molecular complexity index is 1510. The van der Waals surface area contributed by atoms with Crippen molar-refractivity contribution in [3.05, 3.63) is 82.1 Å². The highest BCUT2D eigenvalue weighted by Crippen LogP contribution is 2.32. The quantitative estimate of drug-likeness (QED) is 0.307. The predicted molar refractivity (Wildman–Crippen MR) is 156 cm³/mol. The van der Waals surface area contributed by atoms with Crippen molar-refractivity contribution in [2.75, 3.05) is 32.1 Å². The molecule has 0 unspecified atom stereocenters. The zero-order valence-electron chi connectivity index (χ0n) is 22.9. The van der Waals surface area contributed by atoms with Crippen LogP contribution in [0.5, 0.6) is 11.5 Å². The number of amides is 2. The molecule has 0 aliphatic carbocycles. The number of methoxy groups -OCH3 is 2. The Hall–Kier alpha value is -3.54. The third kappa shape index (κ3) is 7.41. The summed E-state index contributed by atoms with van der Waals surface area (Å²) in [6, 6.07) is 12.5. The lowest BCUT2D eigenvalue weighted by Crippen LogP contribution is -2.51. The molecule has 0 aromatic heterocycles. The summed E-state index contributed by atoms with van der Waals surface area (Å²) in [6.07, 6.45) is 0.242. The molecule has 0 aliphatic rings. The molecule has 0 saturated heterocycles. The maximum Gasteiger partial charge on any atom is 0.264 e. The summed E-state index contributed by atoms with van der Waals surface area (Å²) in [5.74, 6) is -1.24. The number of halogens is 3. The van der Waals surface area contributed by atoms with Gasteiger partial charge in [-0.2, -0.15) is 0 Å². The molecule has 1 N–H and O–H groups in total. The van der Waals surface area contributed by atoms with Gasteiger partial charge in [0.1, 0.15) is 18.4 Å². The van der Waals surface area contributed by atoms with E-state index in [9.17, 15) is 22.4 Å². The first kappa shape index (κ1) is 32.0. The van der Waals surface area contributed by atoms with Crippen molar-refractivity contribution >= 4 is 50.7 Å². The van der Waals surface area contributed by atoms with Crippen LogP contribution in [-0.4, -0.2) is 59.0 Å². The van der Waals surface area contributed by atoms with Crippen LogP contribution in [0.15, 0.2) is 65.6 Å². The fourth-order valence-corrected chi connectivity index (χ4v) is 5.91. The molecule has 3 aromatic carbocycles. The first-order valence-electron chi connectivity index (χ1n) is 12.4. The molecule has 2 amide bonds. The number of hydrogen-bond donors (Lipinski definition) is 1. The van der Waals surface area contributed by atoms with E-state index in [1.54, 1.807) is 25.1 Å². The van der Waals surface area contributed by atoms with Gasteiger partial charge in [-0.05, 0) is 60.5 Å². The van der Waals surface area contributed by atoms with Gasteiger partial charge in [-0.15, -0.1) is 0 Å². The number of carbonyl (C=O) groups is 2. The number of anilines is 1. The van der Waals surface area contributed by atoms with Gasteiger partial charge >= 0.3 is 0 Å². The second-order valence-corrected chi connectivity index (χ2v) is 11.5. The summed E-state index contributed by atoms with van der Waals surface area (Å²) in [4.78, 5) is 27.8. The third-order valence-electron chi connectivity index (χ3n) is 6.31. The van der Waals surface area contributed by atoms with Crippen LogP contribution in [0, 0.1) is 5.82 Å². The fourth-order valence-electron chi connectivity index (χ4n) is 4.16. The number of carbonyl (C=O) groups excluding carboxylic acids is 2. The highest BCUT2D eigenvalue weighted by Gasteiger charge is 2.34. The van der Waals surface area contributed by atoms with Crippen LogP contribution in [0.2, 0.25) is 10.0 Å². The van der Waals surface area contributed by atoms with Gasteiger partial charge in [-0.1, -0.05) is 36.2 Å². The number of likely N-dealkylation sites (N-methyl/N-ethyl adjacent to an activating group) is 1. The average Bonchev–Trinajstić information content (AvgIpc) is 2.97. The van der Waals surface area contributed by atoms with E-state index >= 15 is 0 Å². The highest BCUT2D eigenvalue weighted by atomic mass is 35.5. The molecule has 0 saturated carbocycles. The minimum Gasteiger partial charge on any atom is -0.493 e. The molecule has 220 valence electrons. The highest BCUT2D eigenvalue weighted by molar-refractivity contribution is 7.92. The number of hydrogen-bond acceptors (Lipinski definition) is 6. The Morgan fingerprint density at radius 1 is 0.951 bits per heavy atom. The van der Waals surface area contributed by atoms with Crippen molar-refractivity contribution in [3.8, 4) is 11.5 Å². The molecule has 0 heterocycles. The molecular formula is C28H30Cl2FN3O6S. The van der Waals surface area contributed by atoms with E-state index in [1.165, 1.54) is 56.5 Å². The van der Waals surface area contributed by atoms with E-state index in [4.69, 9.17) is 32.7 Å². The first-order valence-corrected chi connectivity index (χ1v) is 14.6. The Balaban J connectivity index is 2.10. The molecule has 9 nitrogen and oxygen atoms in total. The van der Waals surface area contributed by atoms with Crippen molar-refractivity contribution in [2.45, 2.75) is 30.8 Å². The molecule has 0 spiro atoms. The monoisotopic (exact) mass is 625 g/mol.